The maximum Gasteiger partial charge on any atom is 0.309 e. The quantitative estimate of drug-likeness (QED) is 0.911. The van der Waals surface area contributed by atoms with E-state index in [2.05, 4.69) is 0 Å². The molecule has 1 saturated heterocycles. The van der Waals surface area contributed by atoms with E-state index in [1.165, 1.54) is 0 Å². The van der Waals surface area contributed by atoms with Gasteiger partial charge >= 0.3 is 5.97 Å². The highest BCUT2D eigenvalue weighted by molar-refractivity contribution is 5.87. The van der Waals surface area contributed by atoms with Gasteiger partial charge in [-0.1, -0.05) is 42.5 Å². The summed E-state index contributed by atoms with van der Waals surface area (Å²) in [5.41, 5.74) is 2.37. The number of carbonyl (C=O) groups is 2. The first-order valence-electron chi connectivity index (χ1n) is 8.16. The smallest absolute Gasteiger partial charge is 0.309 e. The lowest BCUT2D eigenvalue weighted by molar-refractivity contribution is -0.142. The normalized spacial score (nSPS) is 19.6. The molecule has 0 unspecified atom stereocenters. The van der Waals surface area contributed by atoms with Crippen molar-refractivity contribution in [3.8, 4) is 6.07 Å². The third-order valence-corrected chi connectivity index (χ3v) is 4.61. The van der Waals surface area contributed by atoms with E-state index in [0.29, 0.717) is 18.5 Å². The molecule has 0 aromatic heterocycles. The van der Waals surface area contributed by atoms with Gasteiger partial charge in [-0.15, -0.1) is 0 Å². The van der Waals surface area contributed by atoms with Gasteiger partial charge in [-0.3, -0.25) is 9.59 Å². The Morgan fingerprint density at radius 1 is 1.16 bits per heavy atom. The summed E-state index contributed by atoms with van der Waals surface area (Å²) >= 11 is 0. The van der Waals surface area contributed by atoms with Crippen molar-refractivity contribution in [2.45, 2.75) is 18.9 Å². The Morgan fingerprint density at radius 2 is 1.84 bits per heavy atom. The summed E-state index contributed by atoms with van der Waals surface area (Å²) in [4.78, 5) is 25.7. The Morgan fingerprint density at radius 3 is 2.44 bits per heavy atom. The highest BCUT2D eigenvalue weighted by atomic mass is 16.4. The summed E-state index contributed by atoms with van der Waals surface area (Å²) in [6.45, 7) is 0.470. The van der Waals surface area contributed by atoms with Crippen LogP contribution in [0.15, 0.2) is 54.6 Å². The molecule has 2 aromatic rings. The molecule has 25 heavy (non-hydrogen) atoms. The van der Waals surface area contributed by atoms with Gasteiger partial charge in [0.2, 0.25) is 5.91 Å². The van der Waals surface area contributed by atoms with Crippen molar-refractivity contribution in [2.24, 2.45) is 5.92 Å². The van der Waals surface area contributed by atoms with Crippen LogP contribution < -0.4 is 0 Å². The average Bonchev–Trinajstić information content (AvgIpc) is 2.97. The van der Waals surface area contributed by atoms with E-state index >= 15 is 0 Å². The molecule has 0 bridgehead atoms. The Hall–Kier alpha value is -3.13. The molecule has 0 saturated carbocycles. The number of nitriles is 1. The molecule has 1 fully saturated rings. The topological polar surface area (TPSA) is 81.4 Å². The van der Waals surface area contributed by atoms with E-state index in [1.807, 2.05) is 36.4 Å². The highest BCUT2D eigenvalue weighted by Gasteiger charge is 2.44. The van der Waals surface area contributed by atoms with Crippen LogP contribution in [0.1, 0.15) is 29.2 Å². The number of carbonyl (C=O) groups excluding carboxylic acids is 1. The van der Waals surface area contributed by atoms with Crippen molar-refractivity contribution >= 4 is 11.9 Å². The van der Waals surface area contributed by atoms with Gasteiger partial charge < -0.3 is 10.0 Å². The zero-order valence-electron chi connectivity index (χ0n) is 13.6. The van der Waals surface area contributed by atoms with Gasteiger partial charge in [0.1, 0.15) is 0 Å². The maximum absolute atomic E-state index is 12.4. The fraction of sp³-hybridized carbons (Fsp3) is 0.250. The number of rotatable bonds is 5. The van der Waals surface area contributed by atoms with Crippen molar-refractivity contribution in [3.05, 3.63) is 71.3 Å². The molecule has 0 aliphatic carbocycles. The predicted octanol–water partition coefficient (Wildman–Crippen LogP) is 2.78. The molecule has 1 N–H and O–H groups in total. The minimum Gasteiger partial charge on any atom is -0.481 e. The largest absolute Gasteiger partial charge is 0.481 e. The van der Waals surface area contributed by atoms with Gasteiger partial charge in [0.25, 0.3) is 0 Å². The third-order valence-electron chi connectivity index (χ3n) is 4.61. The number of amides is 1. The van der Waals surface area contributed by atoms with Crippen molar-refractivity contribution in [1.29, 1.82) is 5.26 Å². The lowest BCUT2D eigenvalue weighted by atomic mass is 9.93. The standard InChI is InChI=1S/C20H18N2O3/c21-13-15-6-8-16(9-7-15)19-17(20(24)25)12-18(23)22(19)11-10-14-4-2-1-3-5-14/h1-9,17,19H,10-12H2,(H,24,25)/t17-,19-/m0/s1. The van der Waals surface area contributed by atoms with Crippen LogP contribution >= 0.6 is 0 Å². The zero-order valence-corrected chi connectivity index (χ0v) is 13.6. The number of aliphatic carboxylic acids is 1. The maximum atomic E-state index is 12.4. The van der Waals surface area contributed by atoms with E-state index in [1.54, 1.807) is 29.2 Å². The summed E-state index contributed by atoms with van der Waals surface area (Å²) < 4.78 is 0. The van der Waals surface area contributed by atoms with Crippen molar-refractivity contribution in [3.63, 3.8) is 0 Å². The molecule has 0 spiro atoms. The molecule has 1 heterocycles. The van der Waals surface area contributed by atoms with Gasteiger partial charge in [-0.05, 0) is 29.7 Å². The van der Waals surface area contributed by atoms with E-state index in [4.69, 9.17) is 5.26 Å². The van der Waals surface area contributed by atoms with Crippen molar-refractivity contribution < 1.29 is 14.7 Å². The van der Waals surface area contributed by atoms with E-state index in [0.717, 1.165) is 11.1 Å². The van der Waals surface area contributed by atoms with Gasteiger partial charge in [-0.2, -0.15) is 5.26 Å². The van der Waals surface area contributed by atoms with Gasteiger partial charge in [0, 0.05) is 13.0 Å². The summed E-state index contributed by atoms with van der Waals surface area (Å²) in [5, 5.41) is 18.5. The van der Waals surface area contributed by atoms with E-state index in [9.17, 15) is 14.7 Å². The second-order valence-electron chi connectivity index (χ2n) is 6.15. The Bertz CT molecular complexity index is 809. The zero-order chi connectivity index (χ0) is 17.8. The van der Waals surface area contributed by atoms with E-state index in [-0.39, 0.29) is 12.3 Å². The average molecular weight is 334 g/mol. The second-order valence-corrected chi connectivity index (χ2v) is 6.15. The van der Waals surface area contributed by atoms with Crippen LogP contribution in [0.3, 0.4) is 0 Å². The van der Waals surface area contributed by atoms with Gasteiger partial charge in [0.15, 0.2) is 0 Å². The van der Waals surface area contributed by atoms with Crippen LogP contribution in [-0.2, 0) is 16.0 Å². The summed E-state index contributed by atoms with van der Waals surface area (Å²) in [6, 6.07) is 18.2. The van der Waals surface area contributed by atoms with Crippen molar-refractivity contribution in [1.82, 2.24) is 4.90 Å². The molecule has 2 aromatic carbocycles. The lowest BCUT2D eigenvalue weighted by Crippen LogP contribution is -2.32. The Kier molecular flexibility index (Phi) is 4.80. The number of benzene rings is 2. The summed E-state index contributed by atoms with van der Waals surface area (Å²) in [6.07, 6.45) is 0.681. The fourth-order valence-corrected chi connectivity index (χ4v) is 3.34. The number of hydrogen-bond acceptors (Lipinski definition) is 3. The Labute approximate surface area is 146 Å². The lowest BCUT2D eigenvalue weighted by Gasteiger charge is -2.27. The molecule has 0 radical (unpaired) electrons. The molecule has 5 heteroatoms. The first-order valence-corrected chi connectivity index (χ1v) is 8.16. The molecular formula is C20H18N2O3. The molecular weight excluding hydrogens is 316 g/mol. The first kappa shape index (κ1) is 16.7. The number of likely N-dealkylation sites (tertiary alicyclic amines) is 1. The van der Waals surface area contributed by atoms with Crippen LogP contribution in [0.25, 0.3) is 0 Å². The first-order chi connectivity index (χ1) is 12.1. The van der Waals surface area contributed by atoms with Crippen LogP contribution in [0.4, 0.5) is 0 Å². The monoisotopic (exact) mass is 334 g/mol. The molecule has 1 amide bonds. The number of carboxylic acids is 1. The molecule has 2 atom stereocenters. The molecule has 5 nitrogen and oxygen atoms in total. The van der Waals surface area contributed by atoms with Gasteiger partial charge in [0.05, 0.1) is 23.6 Å². The number of hydrogen-bond donors (Lipinski definition) is 1. The van der Waals surface area contributed by atoms with Crippen LogP contribution in [-0.4, -0.2) is 28.4 Å². The second kappa shape index (κ2) is 7.18. The molecule has 1 aliphatic rings. The SMILES string of the molecule is N#Cc1ccc([C@H]2[C@@H](C(=O)O)CC(=O)N2CCc2ccccc2)cc1. The minimum absolute atomic E-state index is 0.00872. The summed E-state index contributed by atoms with van der Waals surface area (Å²) in [7, 11) is 0. The predicted molar refractivity (Wildman–Crippen MR) is 91.5 cm³/mol. The Balaban J connectivity index is 1.86. The van der Waals surface area contributed by atoms with Crippen LogP contribution in [0, 0.1) is 17.2 Å². The fourth-order valence-electron chi connectivity index (χ4n) is 3.34. The molecule has 126 valence electrons. The number of carboxylic acid groups (broad SMARTS) is 1. The molecule has 3 rings (SSSR count). The minimum atomic E-state index is -0.968. The van der Waals surface area contributed by atoms with E-state index < -0.39 is 17.9 Å². The highest BCUT2D eigenvalue weighted by Crippen LogP contribution is 2.38. The summed E-state index contributed by atoms with van der Waals surface area (Å²) in [5.74, 6) is -1.88. The molecule has 1 aliphatic heterocycles. The van der Waals surface area contributed by atoms with Gasteiger partial charge in [-0.25, -0.2) is 0 Å². The van der Waals surface area contributed by atoms with Crippen LogP contribution in [0.5, 0.6) is 0 Å². The third kappa shape index (κ3) is 3.53. The van der Waals surface area contributed by atoms with Crippen LogP contribution in [0.2, 0.25) is 0 Å². The number of nitrogens with zero attached hydrogens (tertiary/aromatic N) is 2. The van der Waals surface area contributed by atoms with Crippen molar-refractivity contribution in [2.75, 3.05) is 6.54 Å².